The van der Waals surface area contributed by atoms with Gasteiger partial charge < -0.3 is 9.84 Å². The van der Waals surface area contributed by atoms with Gasteiger partial charge in [0.15, 0.2) is 0 Å². The van der Waals surface area contributed by atoms with Crippen LogP contribution in [0.25, 0.3) is 0 Å². The Bertz CT molecular complexity index is 533. The summed E-state index contributed by atoms with van der Waals surface area (Å²) in [5, 5.41) is 20.1. The van der Waals surface area contributed by atoms with Crippen molar-refractivity contribution >= 4 is 11.7 Å². The first-order chi connectivity index (χ1) is 7.90. The average Bonchev–Trinajstić information content (AvgIpc) is 2.26. The van der Waals surface area contributed by atoms with Crippen molar-refractivity contribution in [2.24, 2.45) is 7.05 Å². The minimum atomic E-state index is -0.999. The number of carbonyl (C=O) groups excluding carboxylic acids is 1. The predicted octanol–water partition coefficient (Wildman–Crippen LogP) is 0.176. The lowest BCUT2D eigenvalue weighted by Crippen LogP contribution is -2.22. The summed E-state index contributed by atoms with van der Waals surface area (Å²) in [6.07, 6.45) is 0. The highest BCUT2D eigenvalue weighted by Gasteiger charge is 2.24. The molecule has 0 bridgehead atoms. The molecule has 0 saturated carbocycles. The second-order valence-corrected chi connectivity index (χ2v) is 3.11. The van der Waals surface area contributed by atoms with Gasteiger partial charge in [-0.1, -0.05) is 0 Å². The summed E-state index contributed by atoms with van der Waals surface area (Å²) in [5.41, 5.74) is -2.21. The lowest BCUT2D eigenvalue weighted by atomic mass is 10.2. The van der Waals surface area contributed by atoms with E-state index in [-0.39, 0.29) is 6.61 Å². The Morgan fingerprint density at radius 1 is 1.65 bits per heavy atom. The molecular weight excluding hydrogens is 232 g/mol. The van der Waals surface area contributed by atoms with Crippen molar-refractivity contribution < 1.29 is 19.6 Å². The molecule has 1 heterocycles. The molecule has 0 fully saturated rings. The van der Waals surface area contributed by atoms with Crippen molar-refractivity contribution in [3.8, 4) is 5.88 Å². The summed E-state index contributed by atoms with van der Waals surface area (Å²) in [4.78, 5) is 32.4. The van der Waals surface area contributed by atoms with Gasteiger partial charge in [-0.2, -0.15) is 0 Å². The number of rotatable bonds is 3. The minimum absolute atomic E-state index is 0.0505. The minimum Gasteiger partial charge on any atom is -0.494 e. The molecule has 1 rings (SSSR count). The number of carbonyl (C=O) groups is 1. The molecule has 0 atom stereocenters. The maximum Gasteiger partial charge on any atom is 0.343 e. The zero-order chi connectivity index (χ0) is 13.2. The van der Waals surface area contributed by atoms with Gasteiger partial charge in [0.05, 0.1) is 11.5 Å². The van der Waals surface area contributed by atoms with Crippen LogP contribution < -0.4 is 5.56 Å². The summed E-state index contributed by atoms with van der Waals surface area (Å²) in [6.45, 7) is 1.60. The van der Waals surface area contributed by atoms with Gasteiger partial charge in [-0.25, -0.2) is 4.79 Å². The third kappa shape index (κ3) is 2.25. The molecule has 92 valence electrons. The molecule has 0 amide bonds. The fraction of sp³-hybridized carbons (Fsp3) is 0.333. The van der Waals surface area contributed by atoms with Gasteiger partial charge in [0, 0.05) is 13.1 Å². The van der Waals surface area contributed by atoms with E-state index in [1.54, 1.807) is 6.92 Å². The smallest absolute Gasteiger partial charge is 0.343 e. The van der Waals surface area contributed by atoms with E-state index in [2.05, 4.69) is 4.74 Å². The normalized spacial score (nSPS) is 10.0. The van der Waals surface area contributed by atoms with E-state index >= 15 is 0 Å². The Balaban J connectivity index is 3.47. The van der Waals surface area contributed by atoms with Crippen LogP contribution in [0.15, 0.2) is 10.9 Å². The van der Waals surface area contributed by atoms with Crippen LogP contribution in [0, 0.1) is 10.1 Å². The third-order valence-electron chi connectivity index (χ3n) is 2.06. The molecule has 0 saturated heterocycles. The zero-order valence-electron chi connectivity index (χ0n) is 9.17. The molecule has 0 aliphatic rings. The van der Waals surface area contributed by atoms with Gasteiger partial charge in [-0.15, -0.1) is 0 Å². The van der Waals surface area contributed by atoms with Crippen molar-refractivity contribution in [3.05, 3.63) is 32.1 Å². The first-order valence-electron chi connectivity index (χ1n) is 4.64. The van der Waals surface area contributed by atoms with Gasteiger partial charge in [0.1, 0.15) is 5.56 Å². The maximum absolute atomic E-state index is 11.4. The van der Waals surface area contributed by atoms with E-state index in [1.807, 2.05) is 0 Å². The lowest BCUT2D eigenvalue weighted by molar-refractivity contribution is -0.386. The van der Waals surface area contributed by atoms with Crippen molar-refractivity contribution in [2.45, 2.75) is 6.92 Å². The Kier molecular flexibility index (Phi) is 3.46. The molecule has 0 unspecified atom stereocenters. The standard InChI is InChI=1S/C9H10N2O6/c1-3-17-9(14)5-4-6(11(15)16)8(13)10(2)7(5)12/h4,12H,3H2,1-2H3. The summed E-state index contributed by atoms with van der Waals surface area (Å²) in [5.74, 6) is -1.59. The van der Waals surface area contributed by atoms with E-state index in [4.69, 9.17) is 0 Å². The molecule has 0 aliphatic heterocycles. The third-order valence-corrected chi connectivity index (χ3v) is 2.06. The SMILES string of the molecule is CCOC(=O)c1cc([N+](=O)[O-])c(=O)n(C)c1O. The number of pyridine rings is 1. The van der Waals surface area contributed by atoms with Crippen LogP contribution >= 0.6 is 0 Å². The van der Waals surface area contributed by atoms with Crippen molar-refractivity contribution in [1.82, 2.24) is 4.57 Å². The summed E-state index contributed by atoms with van der Waals surface area (Å²) >= 11 is 0. The molecule has 0 spiro atoms. The van der Waals surface area contributed by atoms with Crippen molar-refractivity contribution in [3.63, 3.8) is 0 Å². The van der Waals surface area contributed by atoms with Gasteiger partial charge in [-0.05, 0) is 6.92 Å². The fourth-order valence-electron chi connectivity index (χ4n) is 1.20. The largest absolute Gasteiger partial charge is 0.494 e. The Morgan fingerprint density at radius 3 is 2.71 bits per heavy atom. The summed E-state index contributed by atoms with van der Waals surface area (Å²) in [6, 6.07) is 0.704. The van der Waals surface area contributed by atoms with E-state index in [1.165, 1.54) is 0 Å². The number of aromatic nitrogens is 1. The van der Waals surface area contributed by atoms with Gasteiger partial charge >= 0.3 is 17.2 Å². The highest BCUT2D eigenvalue weighted by molar-refractivity contribution is 5.92. The molecule has 1 aromatic rings. The molecule has 17 heavy (non-hydrogen) atoms. The van der Waals surface area contributed by atoms with E-state index < -0.39 is 33.6 Å². The second-order valence-electron chi connectivity index (χ2n) is 3.11. The van der Waals surface area contributed by atoms with Gasteiger partial charge in [0.25, 0.3) is 0 Å². The van der Waals surface area contributed by atoms with Crippen molar-refractivity contribution in [2.75, 3.05) is 6.61 Å². The van der Waals surface area contributed by atoms with Crippen molar-refractivity contribution in [1.29, 1.82) is 0 Å². The number of ether oxygens (including phenoxy) is 1. The number of hydrogen-bond acceptors (Lipinski definition) is 6. The van der Waals surface area contributed by atoms with E-state index in [9.17, 15) is 24.8 Å². The van der Waals surface area contributed by atoms with Gasteiger partial charge in [0.2, 0.25) is 5.88 Å². The summed E-state index contributed by atoms with van der Waals surface area (Å²) < 4.78 is 5.22. The Hall–Kier alpha value is -2.38. The number of hydrogen-bond donors (Lipinski definition) is 1. The lowest BCUT2D eigenvalue weighted by Gasteiger charge is -2.07. The molecule has 0 aromatic carbocycles. The van der Waals surface area contributed by atoms with E-state index in [0.29, 0.717) is 10.6 Å². The maximum atomic E-state index is 11.4. The van der Waals surface area contributed by atoms with E-state index in [0.717, 1.165) is 7.05 Å². The fourth-order valence-corrected chi connectivity index (χ4v) is 1.20. The van der Waals surface area contributed by atoms with Crippen LogP contribution in [0.5, 0.6) is 5.88 Å². The Morgan fingerprint density at radius 2 is 2.24 bits per heavy atom. The molecule has 0 aliphatic carbocycles. The topological polar surface area (TPSA) is 112 Å². The zero-order valence-corrected chi connectivity index (χ0v) is 9.17. The molecule has 1 aromatic heterocycles. The van der Waals surface area contributed by atoms with Crippen LogP contribution in [0.4, 0.5) is 5.69 Å². The quantitative estimate of drug-likeness (QED) is 0.459. The van der Waals surface area contributed by atoms with Crippen LogP contribution in [0.1, 0.15) is 17.3 Å². The van der Waals surface area contributed by atoms with Crippen LogP contribution in [-0.2, 0) is 11.8 Å². The number of nitrogens with zero attached hydrogens (tertiary/aromatic N) is 2. The number of aromatic hydroxyl groups is 1. The van der Waals surface area contributed by atoms with Crippen LogP contribution in [0.3, 0.4) is 0 Å². The summed E-state index contributed by atoms with van der Waals surface area (Å²) in [7, 11) is 1.12. The molecule has 1 N–H and O–H groups in total. The first-order valence-corrected chi connectivity index (χ1v) is 4.64. The molecule has 0 radical (unpaired) electrons. The van der Waals surface area contributed by atoms with Gasteiger partial charge in [-0.3, -0.25) is 19.5 Å². The van der Waals surface area contributed by atoms with Crippen LogP contribution in [-0.4, -0.2) is 27.2 Å². The Labute approximate surface area is 95.2 Å². The number of nitro groups is 1. The second kappa shape index (κ2) is 4.64. The molecular formula is C9H10N2O6. The highest BCUT2D eigenvalue weighted by atomic mass is 16.6. The highest BCUT2D eigenvalue weighted by Crippen LogP contribution is 2.19. The first kappa shape index (κ1) is 12.7. The number of esters is 1. The molecule has 8 heteroatoms. The van der Waals surface area contributed by atoms with Crippen LogP contribution in [0.2, 0.25) is 0 Å². The molecule has 8 nitrogen and oxygen atoms in total. The monoisotopic (exact) mass is 242 g/mol. The average molecular weight is 242 g/mol. The predicted molar refractivity (Wildman–Crippen MR) is 56.0 cm³/mol.